The molecule has 7 nitrogen and oxygen atoms in total. The van der Waals surface area contributed by atoms with Gasteiger partial charge in [-0.3, -0.25) is 10.1 Å². The Kier molecular flexibility index (Phi) is 4.28. The van der Waals surface area contributed by atoms with Gasteiger partial charge in [-0.15, -0.1) is 0 Å². The van der Waals surface area contributed by atoms with E-state index < -0.39 is 4.92 Å². The monoisotopic (exact) mass is 233 g/mol. The van der Waals surface area contributed by atoms with E-state index in [4.69, 9.17) is 11.0 Å². The van der Waals surface area contributed by atoms with Crippen LogP contribution in [0.2, 0.25) is 13.1 Å². The fourth-order valence-corrected chi connectivity index (χ4v) is 1.20. The Labute approximate surface area is 98.9 Å². The summed E-state index contributed by atoms with van der Waals surface area (Å²) in [5.41, 5.74) is 5.23. The average Bonchev–Trinajstić information content (AvgIpc) is 2.28. The molecule has 88 valence electrons. The average molecular weight is 233 g/mol. The van der Waals surface area contributed by atoms with Crippen LogP contribution < -0.4 is 11.1 Å². The van der Waals surface area contributed by atoms with Crippen LogP contribution in [-0.2, 0) is 0 Å². The summed E-state index contributed by atoms with van der Waals surface area (Å²) in [6, 6.07) is 2.80. The Hall–Kier alpha value is -2.30. The van der Waals surface area contributed by atoms with E-state index in [9.17, 15) is 10.1 Å². The second kappa shape index (κ2) is 5.70. The van der Waals surface area contributed by atoms with Crippen molar-refractivity contribution in [1.29, 1.82) is 5.26 Å². The van der Waals surface area contributed by atoms with Gasteiger partial charge in [0.15, 0.2) is 0 Å². The Morgan fingerprint density at radius 3 is 2.94 bits per heavy atom. The molecule has 1 heterocycles. The van der Waals surface area contributed by atoms with Gasteiger partial charge in [-0.2, -0.15) is 0 Å². The zero-order valence-electron chi connectivity index (χ0n) is 9.38. The molecule has 1 rings (SSSR count). The van der Waals surface area contributed by atoms with E-state index in [1.165, 1.54) is 12.1 Å². The maximum Gasteiger partial charge on any atom is 0.311 e. The molecule has 0 spiro atoms. The van der Waals surface area contributed by atoms with Crippen LogP contribution in [-0.4, -0.2) is 23.2 Å². The van der Waals surface area contributed by atoms with Gasteiger partial charge >= 0.3 is 5.69 Å². The lowest BCUT2D eigenvalue weighted by Gasteiger charge is -2.05. The van der Waals surface area contributed by atoms with Crippen molar-refractivity contribution in [3.05, 3.63) is 22.2 Å². The fourth-order valence-electron chi connectivity index (χ4n) is 1.20. The van der Waals surface area contributed by atoms with Gasteiger partial charge in [-0.25, -0.2) is 10.2 Å². The Morgan fingerprint density at radius 2 is 2.41 bits per heavy atom. The number of nitrogens with zero attached hydrogens (tertiary/aromatic N) is 3. The molecule has 0 fully saturated rings. The highest BCUT2D eigenvalue weighted by molar-refractivity contribution is 6.65. The first kappa shape index (κ1) is 12.8. The highest BCUT2D eigenvalue weighted by Gasteiger charge is 2.12. The lowest BCUT2D eigenvalue weighted by atomic mass is 9.51. The first-order valence-electron chi connectivity index (χ1n) is 5.09. The lowest BCUT2D eigenvalue weighted by Crippen LogP contribution is -2.12. The summed E-state index contributed by atoms with van der Waals surface area (Å²) in [7, 11) is 0. The number of nitriles is 1. The van der Waals surface area contributed by atoms with Crippen molar-refractivity contribution in [3.63, 3.8) is 0 Å². The number of nitro groups is 1. The molecule has 0 aliphatic rings. The molecule has 0 amide bonds. The molecule has 0 radical (unpaired) electrons. The van der Waals surface area contributed by atoms with E-state index in [1.807, 2.05) is 6.82 Å². The predicted molar refractivity (Wildman–Crippen MR) is 65.8 cm³/mol. The van der Waals surface area contributed by atoms with Crippen LogP contribution >= 0.6 is 0 Å². The number of rotatable bonds is 5. The number of nitrogens with one attached hydrogen (secondary N) is 1. The molecule has 0 saturated heterocycles. The van der Waals surface area contributed by atoms with Crippen LogP contribution in [0.3, 0.4) is 0 Å². The minimum Gasteiger partial charge on any atom is -0.378 e. The largest absolute Gasteiger partial charge is 0.378 e. The van der Waals surface area contributed by atoms with Crippen LogP contribution in [0.4, 0.5) is 17.3 Å². The molecule has 1 aromatic rings. The molecular weight excluding hydrogens is 221 g/mol. The molecule has 0 aliphatic carbocycles. The number of nitrogen functional groups attached to an aromatic ring is 1. The van der Waals surface area contributed by atoms with Crippen LogP contribution in [0.5, 0.6) is 0 Å². The van der Waals surface area contributed by atoms with Crippen molar-refractivity contribution in [1.82, 2.24) is 4.98 Å². The van der Waals surface area contributed by atoms with Gasteiger partial charge in [-0.05, 0) is 12.4 Å². The number of nitrogens with two attached hydrogens (primary N) is 1. The Bertz CT molecular complexity index is 459. The number of hydrogen-bond donors (Lipinski definition) is 2. The minimum absolute atomic E-state index is 0.0436. The highest BCUT2D eigenvalue weighted by atomic mass is 16.6. The van der Waals surface area contributed by atoms with Crippen LogP contribution in [0.25, 0.3) is 0 Å². The van der Waals surface area contributed by atoms with Gasteiger partial charge in [0, 0.05) is 18.6 Å². The van der Waals surface area contributed by atoms with E-state index in [2.05, 4.69) is 16.3 Å². The number of pyridine rings is 1. The SMILES string of the molecule is CB(C#N)CCNc1ccc([N+](=O)[O-])c(N)n1. The third-order valence-electron chi connectivity index (χ3n) is 2.20. The molecule has 0 unspecified atom stereocenters. The smallest absolute Gasteiger partial charge is 0.311 e. The van der Waals surface area contributed by atoms with Crippen molar-refractivity contribution < 1.29 is 4.92 Å². The van der Waals surface area contributed by atoms with E-state index in [0.29, 0.717) is 18.7 Å². The molecule has 0 atom stereocenters. The molecule has 0 aliphatic heterocycles. The van der Waals surface area contributed by atoms with E-state index in [-0.39, 0.29) is 18.2 Å². The standard InChI is InChI=1S/C9H12BN5O2/c1-10(6-11)4-5-13-8-3-2-7(15(16)17)9(12)14-8/h2-3H,4-5H2,1H3,(H3,12,13,14). The maximum atomic E-state index is 10.5. The van der Waals surface area contributed by atoms with Gasteiger partial charge in [0.2, 0.25) is 5.82 Å². The fraction of sp³-hybridized carbons (Fsp3) is 0.333. The topological polar surface area (TPSA) is 118 Å². The summed E-state index contributed by atoms with van der Waals surface area (Å²) in [5.74, 6) is 2.47. The second-order valence-electron chi connectivity index (χ2n) is 3.60. The summed E-state index contributed by atoms with van der Waals surface area (Å²) in [6.07, 6.45) is 0.676. The van der Waals surface area contributed by atoms with E-state index >= 15 is 0 Å². The zero-order chi connectivity index (χ0) is 12.8. The van der Waals surface area contributed by atoms with E-state index in [1.54, 1.807) is 0 Å². The molecule has 0 aromatic carbocycles. The number of anilines is 2. The van der Waals surface area contributed by atoms with Gasteiger partial charge in [-0.1, -0.05) is 6.82 Å². The molecule has 0 bridgehead atoms. The van der Waals surface area contributed by atoms with E-state index in [0.717, 1.165) is 0 Å². The van der Waals surface area contributed by atoms with Crippen molar-refractivity contribution in [2.75, 3.05) is 17.6 Å². The molecule has 8 heteroatoms. The van der Waals surface area contributed by atoms with Crippen LogP contribution in [0, 0.1) is 21.3 Å². The quantitative estimate of drug-likeness (QED) is 0.447. The lowest BCUT2D eigenvalue weighted by molar-refractivity contribution is -0.384. The Morgan fingerprint density at radius 1 is 1.71 bits per heavy atom. The van der Waals surface area contributed by atoms with Crippen molar-refractivity contribution in [2.24, 2.45) is 0 Å². The van der Waals surface area contributed by atoms with Crippen LogP contribution in [0.1, 0.15) is 0 Å². The minimum atomic E-state index is -0.579. The normalized spacial score (nSPS) is 9.41. The summed E-state index contributed by atoms with van der Waals surface area (Å²) in [4.78, 5) is 13.8. The highest BCUT2D eigenvalue weighted by Crippen LogP contribution is 2.20. The molecule has 1 aromatic heterocycles. The molecule has 17 heavy (non-hydrogen) atoms. The van der Waals surface area contributed by atoms with Crippen molar-refractivity contribution in [3.8, 4) is 5.97 Å². The van der Waals surface area contributed by atoms with Gasteiger partial charge in [0.05, 0.1) is 4.92 Å². The van der Waals surface area contributed by atoms with Crippen LogP contribution in [0.15, 0.2) is 12.1 Å². The molecular formula is C9H12BN5O2. The summed E-state index contributed by atoms with van der Waals surface area (Å²) >= 11 is 0. The second-order valence-corrected chi connectivity index (χ2v) is 3.60. The number of hydrogen-bond acceptors (Lipinski definition) is 6. The summed E-state index contributed by atoms with van der Waals surface area (Å²) in [5, 5.41) is 22.0. The number of aromatic nitrogens is 1. The van der Waals surface area contributed by atoms with Gasteiger partial charge in [0.1, 0.15) is 5.82 Å². The summed E-state index contributed by atoms with van der Waals surface area (Å²) < 4.78 is 0. The third-order valence-corrected chi connectivity index (χ3v) is 2.20. The van der Waals surface area contributed by atoms with Crippen molar-refractivity contribution >= 4 is 24.0 Å². The zero-order valence-corrected chi connectivity index (χ0v) is 9.38. The molecule has 3 N–H and O–H groups in total. The molecule has 0 saturated carbocycles. The van der Waals surface area contributed by atoms with Crippen molar-refractivity contribution in [2.45, 2.75) is 13.1 Å². The van der Waals surface area contributed by atoms with Gasteiger partial charge in [0.25, 0.3) is 6.71 Å². The third kappa shape index (κ3) is 3.64. The first-order chi connectivity index (χ1) is 8.04. The van der Waals surface area contributed by atoms with Gasteiger partial charge < -0.3 is 11.1 Å². The first-order valence-corrected chi connectivity index (χ1v) is 5.09. The Balaban J connectivity index is 2.60. The predicted octanol–water partition coefficient (Wildman–Crippen LogP) is 1.17. The summed E-state index contributed by atoms with van der Waals surface area (Å²) in [6.45, 7) is 2.34. The maximum absolute atomic E-state index is 10.5.